The molecule has 0 aliphatic heterocycles. The molecule has 0 radical (unpaired) electrons. The molecule has 0 heterocycles. The van der Waals surface area contributed by atoms with Gasteiger partial charge in [-0.25, -0.2) is 0 Å². The van der Waals surface area contributed by atoms with Crippen molar-refractivity contribution in [2.45, 2.75) is 0 Å². The van der Waals surface area contributed by atoms with Crippen molar-refractivity contribution in [3.05, 3.63) is 38.4 Å². The van der Waals surface area contributed by atoms with Crippen LogP contribution in [0.15, 0.2) is 18.2 Å². The van der Waals surface area contributed by atoms with Crippen molar-refractivity contribution in [2.75, 3.05) is 0 Å². The fourth-order valence-electron chi connectivity index (χ4n) is 0.827. The van der Waals surface area contributed by atoms with Crippen LogP contribution >= 0.6 is 10.1 Å². The SMILES string of the molecule is O=[N+]([O-])c1ccc([Se]Cl)c([N+](=O)[O-])c1. The summed E-state index contributed by atoms with van der Waals surface area (Å²) in [6, 6.07) is 3.43. The Morgan fingerprint density at radius 1 is 1.21 bits per heavy atom. The van der Waals surface area contributed by atoms with E-state index in [-0.39, 0.29) is 11.4 Å². The minimum absolute atomic E-state index is 0.297. The number of hydrogen-bond acceptors (Lipinski definition) is 4. The normalized spacial score (nSPS) is 9.79. The average Bonchev–Trinajstić information content (AvgIpc) is 2.16. The number of nitro groups is 2. The van der Waals surface area contributed by atoms with Crippen LogP contribution in [0.3, 0.4) is 0 Å². The van der Waals surface area contributed by atoms with Crippen LogP contribution in [-0.2, 0) is 0 Å². The van der Waals surface area contributed by atoms with E-state index in [9.17, 15) is 20.2 Å². The van der Waals surface area contributed by atoms with Crippen LogP contribution in [-0.4, -0.2) is 23.9 Å². The van der Waals surface area contributed by atoms with Crippen molar-refractivity contribution in [1.82, 2.24) is 0 Å². The fourth-order valence-corrected chi connectivity index (χ4v) is 2.20. The van der Waals surface area contributed by atoms with Crippen molar-refractivity contribution < 1.29 is 9.85 Å². The van der Waals surface area contributed by atoms with E-state index in [1.54, 1.807) is 0 Å². The molecule has 0 spiro atoms. The van der Waals surface area contributed by atoms with Crippen LogP contribution in [0.25, 0.3) is 0 Å². The van der Waals surface area contributed by atoms with Gasteiger partial charge in [-0.05, 0) is 0 Å². The van der Waals surface area contributed by atoms with Crippen LogP contribution in [0.2, 0.25) is 0 Å². The molecule has 6 nitrogen and oxygen atoms in total. The molecule has 0 aliphatic rings. The molecule has 0 atom stereocenters. The monoisotopic (exact) mass is 282 g/mol. The molecule has 0 unspecified atom stereocenters. The molecule has 0 N–H and O–H groups in total. The summed E-state index contributed by atoms with van der Waals surface area (Å²) in [7, 11) is 5.50. The Kier molecular flexibility index (Phi) is 3.40. The molecule has 1 aromatic carbocycles. The van der Waals surface area contributed by atoms with Crippen molar-refractivity contribution in [3.8, 4) is 0 Å². The topological polar surface area (TPSA) is 86.3 Å². The molecular weight excluding hydrogens is 278 g/mol. The summed E-state index contributed by atoms with van der Waals surface area (Å²) in [6.07, 6.45) is 0. The Morgan fingerprint density at radius 3 is 2.29 bits per heavy atom. The molecule has 8 heteroatoms. The van der Waals surface area contributed by atoms with Crippen LogP contribution in [0, 0.1) is 20.2 Å². The Bertz CT molecular complexity index is 397. The number of benzene rings is 1. The van der Waals surface area contributed by atoms with Crippen LogP contribution < -0.4 is 4.46 Å². The predicted octanol–water partition coefficient (Wildman–Crippen LogP) is 0.986. The van der Waals surface area contributed by atoms with Crippen molar-refractivity contribution in [3.63, 3.8) is 0 Å². The molecular formula is C6H3ClN2O4Se. The molecule has 0 saturated heterocycles. The second-order valence-electron chi connectivity index (χ2n) is 2.24. The van der Waals surface area contributed by atoms with Gasteiger partial charge in [0.2, 0.25) is 0 Å². The minimum atomic E-state index is -0.683. The van der Waals surface area contributed by atoms with E-state index in [1.165, 1.54) is 12.1 Å². The van der Waals surface area contributed by atoms with Crippen LogP contribution in [0.5, 0.6) is 0 Å². The van der Waals surface area contributed by atoms with Crippen LogP contribution in [0.4, 0.5) is 11.4 Å². The number of nitro benzene ring substituents is 2. The molecule has 0 amide bonds. The number of nitrogens with zero attached hydrogens (tertiary/aromatic N) is 2. The summed E-state index contributed by atoms with van der Waals surface area (Å²) < 4.78 is 0.328. The van der Waals surface area contributed by atoms with E-state index < -0.39 is 23.9 Å². The number of non-ortho nitro benzene ring substituents is 1. The number of rotatable bonds is 3. The second kappa shape index (κ2) is 4.36. The Morgan fingerprint density at radius 2 is 1.86 bits per heavy atom. The summed E-state index contributed by atoms with van der Waals surface area (Å²) in [5.74, 6) is 0. The van der Waals surface area contributed by atoms with Gasteiger partial charge in [-0.15, -0.1) is 0 Å². The molecule has 0 aromatic heterocycles. The Hall–Kier alpha value is -1.17. The van der Waals surface area contributed by atoms with Gasteiger partial charge in [-0.1, -0.05) is 0 Å². The first-order valence-corrected chi connectivity index (χ1v) is 6.38. The molecule has 1 aromatic rings. The zero-order valence-corrected chi connectivity index (χ0v) is 9.01. The first-order valence-electron chi connectivity index (χ1n) is 3.27. The van der Waals surface area contributed by atoms with E-state index in [0.29, 0.717) is 4.46 Å². The molecule has 0 fully saturated rings. The second-order valence-corrected chi connectivity index (χ2v) is 4.29. The van der Waals surface area contributed by atoms with Gasteiger partial charge in [0.1, 0.15) is 0 Å². The van der Waals surface area contributed by atoms with Gasteiger partial charge < -0.3 is 0 Å². The molecule has 1 rings (SSSR count). The van der Waals surface area contributed by atoms with Crippen LogP contribution in [0.1, 0.15) is 0 Å². The number of halogens is 1. The van der Waals surface area contributed by atoms with Gasteiger partial charge in [0, 0.05) is 0 Å². The molecule has 74 valence electrons. The molecule has 0 saturated carbocycles. The molecule has 14 heavy (non-hydrogen) atoms. The van der Waals surface area contributed by atoms with E-state index in [2.05, 4.69) is 0 Å². The summed E-state index contributed by atoms with van der Waals surface area (Å²) in [5.41, 5.74) is -0.601. The standard InChI is InChI=1S/C6H3ClN2O4Se/c7-14-6-2-1-4(8(10)11)3-5(6)9(12)13/h1-3H. The van der Waals surface area contributed by atoms with Gasteiger partial charge in [0.05, 0.1) is 0 Å². The summed E-state index contributed by atoms with van der Waals surface area (Å²) in [5, 5.41) is 20.8. The summed E-state index contributed by atoms with van der Waals surface area (Å²) in [4.78, 5) is 19.5. The fraction of sp³-hybridized carbons (Fsp3) is 0. The third-order valence-corrected chi connectivity index (χ3v) is 3.37. The summed E-state index contributed by atoms with van der Waals surface area (Å²) >= 11 is -0.572. The first-order chi connectivity index (χ1) is 6.56. The maximum absolute atomic E-state index is 10.5. The average molecular weight is 282 g/mol. The first kappa shape index (κ1) is 10.9. The van der Waals surface area contributed by atoms with E-state index in [4.69, 9.17) is 10.1 Å². The van der Waals surface area contributed by atoms with Gasteiger partial charge in [0.15, 0.2) is 0 Å². The third-order valence-electron chi connectivity index (χ3n) is 1.43. The van der Waals surface area contributed by atoms with E-state index in [1.807, 2.05) is 0 Å². The summed E-state index contributed by atoms with van der Waals surface area (Å²) in [6.45, 7) is 0. The zero-order chi connectivity index (χ0) is 10.7. The Labute approximate surface area is 88.5 Å². The molecule has 0 aliphatic carbocycles. The van der Waals surface area contributed by atoms with E-state index in [0.717, 1.165) is 6.07 Å². The quantitative estimate of drug-likeness (QED) is 0.469. The van der Waals surface area contributed by atoms with E-state index >= 15 is 0 Å². The zero-order valence-electron chi connectivity index (χ0n) is 6.55. The van der Waals surface area contributed by atoms with Crippen molar-refractivity contribution in [1.29, 1.82) is 0 Å². The van der Waals surface area contributed by atoms with Gasteiger partial charge in [0.25, 0.3) is 0 Å². The van der Waals surface area contributed by atoms with Crippen molar-refractivity contribution >= 4 is 40.0 Å². The predicted molar refractivity (Wildman–Crippen MR) is 51.0 cm³/mol. The van der Waals surface area contributed by atoms with Gasteiger partial charge in [-0.2, -0.15) is 0 Å². The van der Waals surface area contributed by atoms with Gasteiger partial charge >= 0.3 is 88.3 Å². The van der Waals surface area contributed by atoms with Crippen molar-refractivity contribution in [2.24, 2.45) is 0 Å². The van der Waals surface area contributed by atoms with Gasteiger partial charge in [-0.3, -0.25) is 0 Å². The maximum atomic E-state index is 10.5. The Balaban J connectivity index is 3.27. The third kappa shape index (κ3) is 2.20. The molecule has 0 bridgehead atoms. The number of hydrogen-bond donors (Lipinski definition) is 0.